The maximum absolute atomic E-state index is 14.1. The van der Waals surface area contributed by atoms with Crippen molar-refractivity contribution in [1.29, 1.82) is 0 Å². The molecule has 0 saturated heterocycles. The van der Waals surface area contributed by atoms with Gasteiger partial charge in [0.05, 0.1) is 22.7 Å². The lowest BCUT2D eigenvalue weighted by Crippen LogP contribution is -2.35. The van der Waals surface area contributed by atoms with Crippen LogP contribution in [0.5, 0.6) is 0 Å². The summed E-state index contributed by atoms with van der Waals surface area (Å²) in [4.78, 5) is 0. The van der Waals surface area contributed by atoms with Gasteiger partial charge in [-0.2, -0.15) is 13.2 Å². The molecule has 3 N–H and O–H groups in total. The van der Waals surface area contributed by atoms with Gasteiger partial charge in [-0.15, -0.1) is 12.4 Å². The lowest BCUT2D eigenvalue weighted by Gasteiger charge is -2.31. The van der Waals surface area contributed by atoms with Gasteiger partial charge in [-0.05, 0) is 30.9 Å². The van der Waals surface area contributed by atoms with E-state index >= 15 is 0 Å². The summed E-state index contributed by atoms with van der Waals surface area (Å²) in [6.45, 7) is 0. The molecule has 2 rings (SSSR count). The van der Waals surface area contributed by atoms with Gasteiger partial charge in [0.15, 0.2) is 0 Å². The number of halogens is 6. The van der Waals surface area contributed by atoms with Gasteiger partial charge in [0.25, 0.3) is 0 Å². The molecule has 0 unspecified atom stereocenters. The van der Waals surface area contributed by atoms with Crippen LogP contribution in [0.25, 0.3) is 0 Å². The fourth-order valence-corrected chi connectivity index (χ4v) is 3.20. The van der Waals surface area contributed by atoms with Crippen LogP contribution < -0.4 is 5.73 Å². The van der Waals surface area contributed by atoms with E-state index in [1.54, 1.807) is 0 Å². The van der Waals surface area contributed by atoms with Crippen molar-refractivity contribution in [1.82, 2.24) is 0 Å². The van der Waals surface area contributed by atoms with Crippen LogP contribution in [0, 0.1) is 11.7 Å². The molecule has 132 valence electrons. The number of aliphatic hydroxyl groups is 1. The van der Waals surface area contributed by atoms with E-state index in [1.165, 1.54) is 0 Å². The Kier molecular flexibility index (Phi) is 7.13. The normalized spacial score (nSPS) is 19.1. The van der Waals surface area contributed by atoms with Crippen LogP contribution in [0.4, 0.5) is 17.6 Å². The first-order valence-electron chi connectivity index (χ1n) is 7.21. The molecule has 1 aliphatic carbocycles. The summed E-state index contributed by atoms with van der Waals surface area (Å²) in [6.07, 6.45) is -1.34. The van der Waals surface area contributed by atoms with E-state index in [0.717, 1.165) is 32.1 Å². The summed E-state index contributed by atoms with van der Waals surface area (Å²) in [5.74, 6) is -1.13. The largest absolute Gasteiger partial charge is 0.416 e. The van der Waals surface area contributed by atoms with Crippen molar-refractivity contribution >= 4 is 24.0 Å². The van der Waals surface area contributed by atoms with Gasteiger partial charge in [0, 0.05) is 5.56 Å². The van der Waals surface area contributed by atoms with Crippen LogP contribution >= 0.6 is 24.0 Å². The molecule has 0 aliphatic heterocycles. The Balaban J connectivity index is 0.00000264. The molecule has 0 amide bonds. The second kappa shape index (κ2) is 8.01. The monoisotopic (exact) mass is 375 g/mol. The van der Waals surface area contributed by atoms with E-state index in [9.17, 15) is 22.7 Å². The quantitative estimate of drug-likeness (QED) is 0.740. The van der Waals surface area contributed by atoms with Crippen LogP contribution in [0.15, 0.2) is 12.1 Å². The number of rotatable bonds is 3. The molecule has 1 aliphatic rings. The molecule has 0 spiro atoms. The fraction of sp³-hybridized carbons (Fsp3) is 0.600. The Morgan fingerprint density at radius 3 is 2.26 bits per heavy atom. The Bertz CT molecular complexity index is 533. The summed E-state index contributed by atoms with van der Waals surface area (Å²) in [6, 6.07) is -0.0687. The lowest BCUT2D eigenvalue weighted by atomic mass is 9.81. The van der Waals surface area contributed by atoms with Crippen molar-refractivity contribution in [3.05, 3.63) is 34.1 Å². The predicted octanol–water partition coefficient (Wildman–Crippen LogP) is 4.86. The zero-order chi connectivity index (χ0) is 16.5. The maximum atomic E-state index is 14.1. The summed E-state index contributed by atoms with van der Waals surface area (Å²) in [5.41, 5.74) is 4.38. The van der Waals surface area contributed by atoms with Crippen molar-refractivity contribution in [2.45, 2.75) is 50.4 Å². The molecule has 2 nitrogen and oxygen atoms in total. The van der Waals surface area contributed by atoms with E-state index in [0.29, 0.717) is 12.1 Å². The zero-order valence-corrected chi connectivity index (χ0v) is 13.8. The van der Waals surface area contributed by atoms with Gasteiger partial charge in [-0.1, -0.05) is 30.9 Å². The van der Waals surface area contributed by atoms with E-state index in [1.807, 2.05) is 0 Å². The van der Waals surface area contributed by atoms with E-state index in [2.05, 4.69) is 0 Å². The van der Waals surface area contributed by atoms with Crippen LogP contribution in [-0.4, -0.2) is 11.2 Å². The average Bonchev–Trinajstić information content (AvgIpc) is 2.48. The van der Waals surface area contributed by atoms with Gasteiger partial charge in [0.1, 0.15) is 5.82 Å². The van der Waals surface area contributed by atoms with Crippen LogP contribution in [0.3, 0.4) is 0 Å². The standard InChI is InChI=1S/C15H18ClF4NO.ClH/c16-11-7-9(15(18,19)20)6-10(12(11)17)13(21)14(22)8-4-2-1-3-5-8;/h6-8,13-14,22H,1-5,21H2;1H/t13-,14+;/m0./s1. The molecule has 23 heavy (non-hydrogen) atoms. The third-order valence-electron chi connectivity index (χ3n) is 4.24. The lowest BCUT2D eigenvalue weighted by molar-refractivity contribution is -0.137. The van der Waals surface area contributed by atoms with E-state index in [4.69, 9.17) is 17.3 Å². The first-order valence-corrected chi connectivity index (χ1v) is 7.59. The molecule has 1 fully saturated rings. The molecule has 1 aromatic rings. The third kappa shape index (κ3) is 4.72. The number of hydrogen-bond donors (Lipinski definition) is 2. The molecule has 8 heteroatoms. The SMILES string of the molecule is Cl.N[C@@H](c1cc(C(F)(F)F)cc(Cl)c1F)[C@H](O)C1CCCCC1. The molecular formula is C15H19Cl2F4NO. The minimum absolute atomic E-state index is 0. The molecule has 0 bridgehead atoms. The number of benzene rings is 1. The first-order chi connectivity index (χ1) is 10.2. The van der Waals surface area contributed by atoms with Crippen LogP contribution in [0.2, 0.25) is 5.02 Å². The summed E-state index contributed by atoms with van der Waals surface area (Å²) in [5, 5.41) is 9.65. The van der Waals surface area contributed by atoms with Crippen LogP contribution in [-0.2, 0) is 6.18 Å². The molecule has 0 heterocycles. The van der Waals surface area contributed by atoms with Gasteiger partial charge in [0.2, 0.25) is 0 Å². The highest BCUT2D eigenvalue weighted by molar-refractivity contribution is 6.30. The predicted molar refractivity (Wildman–Crippen MR) is 83.2 cm³/mol. The van der Waals surface area contributed by atoms with Crippen molar-refractivity contribution < 1.29 is 22.7 Å². The molecule has 1 aromatic carbocycles. The Hall–Kier alpha value is -0.560. The Morgan fingerprint density at radius 1 is 1.17 bits per heavy atom. The highest BCUT2D eigenvalue weighted by atomic mass is 35.5. The minimum Gasteiger partial charge on any atom is -0.391 e. The van der Waals surface area contributed by atoms with Gasteiger partial charge in [-0.25, -0.2) is 4.39 Å². The van der Waals surface area contributed by atoms with Crippen molar-refractivity contribution in [2.75, 3.05) is 0 Å². The molecule has 2 atom stereocenters. The average molecular weight is 376 g/mol. The molecular weight excluding hydrogens is 357 g/mol. The number of aliphatic hydroxyl groups excluding tert-OH is 1. The van der Waals surface area contributed by atoms with E-state index < -0.39 is 40.3 Å². The molecule has 1 saturated carbocycles. The van der Waals surface area contributed by atoms with Gasteiger partial charge in [-0.3, -0.25) is 0 Å². The second-order valence-electron chi connectivity index (χ2n) is 5.77. The molecule has 0 radical (unpaired) electrons. The number of hydrogen-bond acceptors (Lipinski definition) is 2. The van der Waals surface area contributed by atoms with Crippen molar-refractivity contribution in [3.8, 4) is 0 Å². The summed E-state index contributed by atoms with van der Waals surface area (Å²) in [7, 11) is 0. The van der Waals surface area contributed by atoms with Gasteiger partial charge >= 0.3 is 6.18 Å². The fourth-order valence-electron chi connectivity index (χ4n) is 2.97. The van der Waals surface area contributed by atoms with Crippen molar-refractivity contribution in [2.24, 2.45) is 11.7 Å². The second-order valence-corrected chi connectivity index (χ2v) is 6.18. The Labute approximate surface area is 143 Å². The topological polar surface area (TPSA) is 46.2 Å². The summed E-state index contributed by atoms with van der Waals surface area (Å²) >= 11 is 5.55. The maximum Gasteiger partial charge on any atom is 0.416 e. The Morgan fingerprint density at radius 2 is 1.74 bits per heavy atom. The third-order valence-corrected chi connectivity index (χ3v) is 4.52. The van der Waals surface area contributed by atoms with Crippen molar-refractivity contribution in [3.63, 3.8) is 0 Å². The first kappa shape index (κ1) is 20.5. The number of nitrogens with two attached hydrogens (primary N) is 1. The minimum atomic E-state index is -4.65. The highest BCUT2D eigenvalue weighted by Crippen LogP contribution is 2.37. The zero-order valence-electron chi connectivity index (χ0n) is 12.2. The van der Waals surface area contributed by atoms with Gasteiger partial charge < -0.3 is 10.8 Å². The number of alkyl halides is 3. The van der Waals surface area contributed by atoms with Crippen LogP contribution in [0.1, 0.15) is 49.3 Å². The molecule has 0 aromatic heterocycles. The van der Waals surface area contributed by atoms with E-state index in [-0.39, 0.29) is 18.3 Å². The highest BCUT2D eigenvalue weighted by Gasteiger charge is 2.35. The smallest absolute Gasteiger partial charge is 0.391 e. The summed E-state index contributed by atoms with van der Waals surface area (Å²) < 4.78 is 52.5.